The van der Waals surface area contributed by atoms with Crippen LogP contribution in [0.3, 0.4) is 0 Å². The van der Waals surface area contributed by atoms with Crippen molar-refractivity contribution in [2.24, 2.45) is 0 Å². The summed E-state index contributed by atoms with van der Waals surface area (Å²) in [5.41, 5.74) is 3.30. The zero-order valence-electron chi connectivity index (χ0n) is 13.8. The Balaban J connectivity index is 1.31. The molecule has 3 fully saturated rings. The van der Waals surface area contributed by atoms with Crippen LogP contribution in [0.25, 0.3) is 11.1 Å². The van der Waals surface area contributed by atoms with Crippen LogP contribution in [0, 0.1) is 6.92 Å². The molecular weight excluding hydrogens is 336 g/mol. The number of halogens is 1. The third-order valence-corrected chi connectivity index (χ3v) is 5.76. The smallest absolute Gasteiger partial charge is 0.251 e. The molecule has 4 nitrogen and oxygen atoms in total. The van der Waals surface area contributed by atoms with Gasteiger partial charge in [0, 0.05) is 16.1 Å². The van der Waals surface area contributed by atoms with Gasteiger partial charge in [-0.2, -0.15) is 0 Å². The lowest BCUT2D eigenvalue weighted by molar-refractivity contribution is -0.0955. The Bertz CT molecular complexity index is 986. The lowest BCUT2D eigenvalue weighted by Gasteiger charge is -2.68. The fourth-order valence-corrected chi connectivity index (χ4v) is 4.46. The molecule has 3 aliphatic rings. The van der Waals surface area contributed by atoms with Crippen molar-refractivity contribution >= 4 is 28.6 Å². The summed E-state index contributed by atoms with van der Waals surface area (Å²) in [4.78, 5) is 17.1. The van der Waals surface area contributed by atoms with Crippen molar-refractivity contribution in [1.82, 2.24) is 10.3 Å². The van der Waals surface area contributed by atoms with Crippen LogP contribution in [-0.2, 0) is 5.41 Å². The molecule has 3 aromatic rings. The van der Waals surface area contributed by atoms with Crippen LogP contribution in [0.15, 0.2) is 46.9 Å². The summed E-state index contributed by atoms with van der Waals surface area (Å²) in [5.74, 6) is 0.772. The standard InChI is InChI=1S/C20H17ClN2O2/c1-12-2-4-13(5-3-12)17(24)23-20-9-19(10-20,11-20)18-22-15-8-14(21)6-7-16(15)25-18/h2-8H,9-11H2,1H3,(H,23,24). The minimum Gasteiger partial charge on any atom is -0.440 e. The minimum atomic E-state index is -0.0970. The number of amides is 1. The van der Waals surface area contributed by atoms with E-state index in [0.29, 0.717) is 10.6 Å². The number of hydrogen-bond acceptors (Lipinski definition) is 3. The van der Waals surface area contributed by atoms with Crippen molar-refractivity contribution in [1.29, 1.82) is 0 Å². The van der Waals surface area contributed by atoms with E-state index in [4.69, 9.17) is 16.0 Å². The predicted molar refractivity (Wildman–Crippen MR) is 95.9 cm³/mol. The molecule has 3 aliphatic carbocycles. The number of fused-ring (bicyclic) bond motifs is 1. The largest absolute Gasteiger partial charge is 0.440 e. The molecule has 3 saturated carbocycles. The number of aromatic nitrogens is 1. The van der Waals surface area contributed by atoms with Crippen molar-refractivity contribution in [2.75, 3.05) is 0 Å². The van der Waals surface area contributed by atoms with Gasteiger partial charge in [-0.25, -0.2) is 4.98 Å². The molecule has 0 radical (unpaired) electrons. The first kappa shape index (κ1) is 15.0. The van der Waals surface area contributed by atoms with Gasteiger partial charge in [0.05, 0.1) is 5.41 Å². The highest BCUT2D eigenvalue weighted by Gasteiger charge is 2.71. The van der Waals surface area contributed by atoms with Crippen LogP contribution < -0.4 is 5.32 Å². The summed E-state index contributed by atoms with van der Waals surface area (Å²) in [7, 11) is 0. The molecule has 2 aromatic carbocycles. The first-order valence-corrected chi connectivity index (χ1v) is 8.81. The second-order valence-corrected chi connectivity index (χ2v) is 7.98. The van der Waals surface area contributed by atoms with Crippen molar-refractivity contribution < 1.29 is 9.21 Å². The van der Waals surface area contributed by atoms with Gasteiger partial charge in [0.2, 0.25) is 5.89 Å². The highest BCUT2D eigenvalue weighted by molar-refractivity contribution is 6.31. The topological polar surface area (TPSA) is 55.1 Å². The highest BCUT2D eigenvalue weighted by atomic mass is 35.5. The lowest BCUT2D eigenvalue weighted by Crippen LogP contribution is -2.76. The number of oxazole rings is 1. The van der Waals surface area contributed by atoms with Crippen LogP contribution >= 0.6 is 11.6 Å². The number of hydrogen-bond donors (Lipinski definition) is 1. The predicted octanol–water partition coefficient (Wildman–Crippen LogP) is 4.39. The summed E-state index contributed by atoms with van der Waals surface area (Å²) in [6.45, 7) is 2.01. The fourth-order valence-electron chi connectivity index (χ4n) is 4.29. The molecule has 25 heavy (non-hydrogen) atoms. The van der Waals surface area contributed by atoms with Crippen LogP contribution in [-0.4, -0.2) is 16.4 Å². The van der Waals surface area contributed by atoms with E-state index < -0.39 is 0 Å². The van der Waals surface area contributed by atoms with Crippen LogP contribution in [0.1, 0.15) is 41.1 Å². The van der Waals surface area contributed by atoms with E-state index >= 15 is 0 Å². The maximum Gasteiger partial charge on any atom is 0.251 e. The Kier molecular flexibility index (Phi) is 2.91. The lowest BCUT2D eigenvalue weighted by atomic mass is 9.39. The van der Waals surface area contributed by atoms with E-state index in [1.165, 1.54) is 0 Å². The third-order valence-electron chi connectivity index (χ3n) is 5.53. The van der Waals surface area contributed by atoms with E-state index in [2.05, 4.69) is 10.3 Å². The van der Waals surface area contributed by atoms with Gasteiger partial charge in [-0.1, -0.05) is 29.3 Å². The van der Waals surface area contributed by atoms with Gasteiger partial charge in [-0.05, 0) is 56.5 Å². The summed E-state index contributed by atoms with van der Waals surface area (Å²) in [5, 5.41) is 3.86. The quantitative estimate of drug-likeness (QED) is 0.760. The van der Waals surface area contributed by atoms with Gasteiger partial charge in [0.25, 0.3) is 5.91 Å². The molecule has 6 rings (SSSR count). The van der Waals surface area contributed by atoms with Crippen molar-refractivity contribution in [3.05, 3.63) is 64.5 Å². The summed E-state index contributed by atoms with van der Waals surface area (Å²) in [6, 6.07) is 13.2. The second-order valence-electron chi connectivity index (χ2n) is 7.54. The van der Waals surface area contributed by atoms with E-state index in [1.54, 1.807) is 0 Å². The summed E-state index contributed by atoms with van der Waals surface area (Å²) < 4.78 is 5.93. The number of rotatable bonds is 3. The molecule has 1 heterocycles. The maximum absolute atomic E-state index is 12.4. The average Bonchev–Trinajstić information content (AvgIpc) is 2.92. The first-order chi connectivity index (χ1) is 12.0. The SMILES string of the molecule is Cc1ccc(C(=O)NC23CC(c4nc5cc(Cl)ccc5o4)(C2)C3)cc1. The molecule has 0 spiro atoms. The van der Waals surface area contributed by atoms with Gasteiger partial charge in [-0.15, -0.1) is 0 Å². The van der Waals surface area contributed by atoms with Gasteiger partial charge >= 0.3 is 0 Å². The number of carbonyl (C=O) groups excluding carboxylic acids is 1. The van der Waals surface area contributed by atoms with Crippen LogP contribution in [0.5, 0.6) is 0 Å². The number of nitrogens with one attached hydrogen (secondary N) is 1. The van der Waals surface area contributed by atoms with Crippen molar-refractivity contribution in [3.8, 4) is 0 Å². The number of carbonyl (C=O) groups is 1. The van der Waals surface area contributed by atoms with Gasteiger partial charge in [0.15, 0.2) is 5.58 Å². The number of aryl methyl sites for hydroxylation is 1. The molecule has 0 atom stereocenters. The fraction of sp³-hybridized carbons (Fsp3) is 0.300. The second kappa shape index (κ2) is 4.85. The van der Waals surface area contributed by atoms with Gasteiger partial charge in [-0.3, -0.25) is 4.79 Å². The molecule has 0 unspecified atom stereocenters. The van der Waals surface area contributed by atoms with E-state index in [9.17, 15) is 4.79 Å². The minimum absolute atomic E-state index is 0.00218. The normalized spacial score (nSPS) is 26.8. The Labute approximate surface area is 150 Å². The van der Waals surface area contributed by atoms with E-state index in [-0.39, 0.29) is 16.9 Å². The van der Waals surface area contributed by atoms with Crippen LogP contribution in [0.4, 0.5) is 0 Å². The maximum atomic E-state index is 12.4. The Hall–Kier alpha value is -2.33. The molecule has 126 valence electrons. The van der Waals surface area contributed by atoms with Crippen LogP contribution in [0.2, 0.25) is 5.02 Å². The third kappa shape index (κ3) is 2.20. The molecule has 2 bridgehead atoms. The molecular formula is C20H17ClN2O2. The van der Waals surface area contributed by atoms with E-state index in [1.807, 2.05) is 49.4 Å². The zero-order chi connectivity index (χ0) is 17.2. The first-order valence-electron chi connectivity index (χ1n) is 8.43. The van der Waals surface area contributed by atoms with Crippen molar-refractivity contribution in [3.63, 3.8) is 0 Å². The average molecular weight is 353 g/mol. The molecule has 1 N–H and O–H groups in total. The number of benzene rings is 2. The Morgan fingerprint density at radius 1 is 1.16 bits per heavy atom. The van der Waals surface area contributed by atoms with Crippen molar-refractivity contribution in [2.45, 2.75) is 37.1 Å². The molecule has 0 saturated heterocycles. The molecule has 0 aliphatic heterocycles. The molecule has 5 heteroatoms. The summed E-state index contributed by atoms with van der Waals surface area (Å²) >= 11 is 6.02. The van der Waals surface area contributed by atoms with Gasteiger partial charge in [0.1, 0.15) is 5.52 Å². The Morgan fingerprint density at radius 3 is 2.60 bits per heavy atom. The van der Waals surface area contributed by atoms with Gasteiger partial charge < -0.3 is 9.73 Å². The molecule has 1 aromatic heterocycles. The zero-order valence-corrected chi connectivity index (χ0v) is 14.6. The summed E-state index contributed by atoms with van der Waals surface area (Å²) in [6.07, 6.45) is 2.66. The molecule has 1 amide bonds. The van der Waals surface area contributed by atoms with E-state index in [0.717, 1.165) is 41.8 Å². The number of nitrogens with zero attached hydrogens (tertiary/aromatic N) is 1. The monoisotopic (exact) mass is 352 g/mol. The highest BCUT2D eigenvalue weighted by Crippen LogP contribution is 2.67. The Morgan fingerprint density at radius 2 is 1.88 bits per heavy atom.